The number of hydrogen-bond acceptors (Lipinski definition) is 5. The highest BCUT2D eigenvalue weighted by Crippen LogP contribution is 2.24. The lowest BCUT2D eigenvalue weighted by atomic mass is 10.0. The molecular weight excluding hydrogens is 378 g/mol. The summed E-state index contributed by atoms with van der Waals surface area (Å²) in [5.74, 6) is -0.182. The van der Waals surface area contributed by atoms with Gasteiger partial charge in [-0.2, -0.15) is 5.10 Å². The average molecular weight is 406 g/mol. The van der Waals surface area contributed by atoms with Crippen LogP contribution in [-0.4, -0.2) is 43.8 Å². The molecule has 2 aromatic heterocycles. The molecule has 0 fully saturated rings. The van der Waals surface area contributed by atoms with E-state index in [1.54, 1.807) is 10.9 Å². The van der Waals surface area contributed by atoms with Crippen molar-refractivity contribution >= 4 is 5.91 Å². The first kappa shape index (κ1) is 20.3. The molecule has 0 spiro atoms. The third kappa shape index (κ3) is 4.42. The summed E-state index contributed by atoms with van der Waals surface area (Å²) >= 11 is 0. The largest absolute Gasteiger partial charge is 0.394 e. The van der Waals surface area contributed by atoms with Crippen LogP contribution in [0.2, 0.25) is 0 Å². The number of nitrogens with one attached hydrogen (secondary N) is 1. The van der Waals surface area contributed by atoms with Crippen molar-refractivity contribution in [3.63, 3.8) is 0 Å². The lowest BCUT2D eigenvalue weighted by Crippen LogP contribution is -2.33. The zero-order valence-electron chi connectivity index (χ0n) is 17.2. The fourth-order valence-corrected chi connectivity index (χ4v) is 3.95. The quantitative estimate of drug-likeness (QED) is 0.630. The van der Waals surface area contributed by atoms with E-state index in [2.05, 4.69) is 20.3 Å². The van der Waals surface area contributed by atoms with Crippen molar-refractivity contribution in [3.8, 4) is 0 Å². The van der Waals surface area contributed by atoms with Gasteiger partial charge in [-0.05, 0) is 24.6 Å². The molecule has 30 heavy (non-hydrogen) atoms. The maximum absolute atomic E-state index is 13.1. The Morgan fingerprint density at radius 3 is 2.73 bits per heavy atom. The molecule has 0 aliphatic carbocycles. The zero-order valence-corrected chi connectivity index (χ0v) is 17.2. The Morgan fingerprint density at radius 1 is 1.20 bits per heavy atom. The summed E-state index contributed by atoms with van der Waals surface area (Å²) in [4.78, 5) is 19.8. The first-order valence-electron chi connectivity index (χ1n) is 10.3. The molecule has 7 heteroatoms. The molecule has 2 N–H and O–H groups in total. The second kappa shape index (κ2) is 9.19. The lowest BCUT2D eigenvalue weighted by molar-refractivity contribution is 0.0931. The molecule has 0 radical (unpaired) electrons. The Morgan fingerprint density at radius 2 is 2.00 bits per heavy atom. The number of hydrogen-bond donors (Lipinski definition) is 2. The van der Waals surface area contributed by atoms with Gasteiger partial charge in [-0.1, -0.05) is 36.4 Å². The van der Waals surface area contributed by atoms with Crippen molar-refractivity contribution in [1.29, 1.82) is 0 Å². The zero-order chi connectivity index (χ0) is 20.9. The minimum atomic E-state index is -0.182. The number of carbonyl (C=O) groups excluding carboxylic acids is 1. The van der Waals surface area contributed by atoms with Gasteiger partial charge in [-0.15, -0.1) is 0 Å². The summed E-state index contributed by atoms with van der Waals surface area (Å²) in [6.07, 6.45) is 2.59. The van der Waals surface area contributed by atoms with Crippen LogP contribution in [0.5, 0.6) is 0 Å². The van der Waals surface area contributed by atoms with Crippen LogP contribution in [0.15, 0.2) is 54.7 Å². The highest BCUT2D eigenvalue weighted by molar-refractivity contribution is 5.94. The monoisotopic (exact) mass is 405 g/mol. The summed E-state index contributed by atoms with van der Waals surface area (Å²) < 4.78 is 1.79. The van der Waals surface area contributed by atoms with E-state index < -0.39 is 0 Å². The van der Waals surface area contributed by atoms with Crippen LogP contribution >= 0.6 is 0 Å². The van der Waals surface area contributed by atoms with Gasteiger partial charge in [0.1, 0.15) is 0 Å². The number of aliphatic hydroxyl groups is 1. The number of amides is 1. The number of benzene rings is 1. The number of aromatic nitrogens is 3. The predicted octanol–water partition coefficient (Wildman–Crippen LogP) is 2.32. The highest BCUT2D eigenvalue weighted by Gasteiger charge is 2.28. The van der Waals surface area contributed by atoms with Crippen LogP contribution in [0.1, 0.15) is 46.0 Å². The van der Waals surface area contributed by atoms with Gasteiger partial charge in [-0.3, -0.25) is 19.4 Å². The van der Waals surface area contributed by atoms with Gasteiger partial charge >= 0.3 is 0 Å². The molecule has 156 valence electrons. The first-order valence-corrected chi connectivity index (χ1v) is 10.3. The highest BCUT2D eigenvalue weighted by atomic mass is 16.3. The number of pyridine rings is 1. The number of fused-ring (bicyclic) bond motifs is 1. The first-order chi connectivity index (χ1) is 14.7. The molecule has 3 heterocycles. The van der Waals surface area contributed by atoms with Crippen molar-refractivity contribution in [2.24, 2.45) is 0 Å². The number of rotatable bonds is 7. The predicted molar refractivity (Wildman–Crippen MR) is 114 cm³/mol. The van der Waals surface area contributed by atoms with Crippen LogP contribution in [0.4, 0.5) is 0 Å². The number of aliphatic hydroxyl groups excluding tert-OH is 1. The summed E-state index contributed by atoms with van der Waals surface area (Å²) in [6.45, 7) is 4.59. The second-order valence-corrected chi connectivity index (χ2v) is 7.61. The van der Waals surface area contributed by atoms with Crippen molar-refractivity contribution < 1.29 is 9.90 Å². The van der Waals surface area contributed by atoms with Crippen molar-refractivity contribution in [2.45, 2.75) is 39.0 Å². The molecule has 4 rings (SSSR count). The minimum Gasteiger partial charge on any atom is -0.394 e. The summed E-state index contributed by atoms with van der Waals surface area (Å²) in [5, 5.41) is 17.1. The van der Waals surface area contributed by atoms with Gasteiger partial charge in [0.15, 0.2) is 5.69 Å². The fourth-order valence-electron chi connectivity index (χ4n) is 3.95. The molecule has 1 aliphatic rings. The summed E-state index contributed by atoms with van der Waals surface area (Å²) in [7, 11) is 0. The molecule has 1 unspecified atom stereocenters. The standard InChI is InChI=1S/C23H27N5O2/c1-17(18-7-3-2-4-8-18)25-23(30)22-20-16-27(15-19-9-5-6-11-24-19)12-10-21(20)28(26-22)13-14-29/h2-9,11,17,29H,10,12-16H2,1H3,(H,25,30). The molecular formula is C23H27N5O2. The summed E-state index contributed by atoms with van der Waals surface area (Å²) in [5.41, 5.74) is 4.49. The third-order valence-corrected chi connectivity index (χ3v) is 5.50. The molecule has 7 nitrogen and oxygen atoms in total. The molecule has 1 aliphatic heterocycles. The van der Waals surface area contributed by atoms with Gasteiger partial charge < -0.3 is 10.4 Å². The van der Waals surface area contributed by atoms with Crippen LogP contribution in [0, 0.1) is 0 Å². The molecule has 3 aromatic rings. The van der Waals surface area contributed by atoms with E-state index in [4.69, 9.17) is 0 Å². The third-order valence-electron chi connectivity index (χ3n) is 5.50. The maximum Gasteiger partial charge on any atom is 0.272 e. The van der Waals surface area contributed by atoms with Crippen LogP contribution in [0.25, 0.3) is 0 Å². The Balaban J connectivity index is 1.55. The van der Waals surface area contributed by atoms with E-state index in [0.29, 0.717) is 18.8 Å². The molecule has 0 bridgehead atoms. The van der Waals surface area contributed by atoms with E-state index in [0.717, 1.165) is 42.0 Å². The topological polar surface area (TPSA) is 83.3 Å². The Labute approximate surface area is 176 Å². The second-order valence-electron chi connectivity index (χ2n) is 7.61. The van der Waals surface area contributed by atoms with Gasteiger partial charge in [-0.25, -0.2) is 0 Å². The average Bonchev–Trinajstić information content (AvgIpc) is 3.13. The molecule has 1 aromatic carbocycles. The summed E-state index contributed by atoms with van der Waals surface area (Å²) in [6, 6.07) is 15.7. The smallest absolute Gasteiger partial charge is 0.272 e. The van der Waals surface area contributed by atoms with Crippen LogP contribution in [-0.2, 0) is 26.1 Å². The van der Waals surface area contributed by atoms with Gasteiger partial charge in [0.25, 0.3) is 5.91 Å². The molecule has 0 saturated heterocycles. The molecule has 0 saturated carbocycles. The van der Waals surface area contributed by atoms with Crippen LogP contribution in [0.3, 0.4) is 0 Å². The van der Waals surface area contributed by atoms with Crippen molar-refractivity contribution in [2.75, 3.05) is 13.2 Å². The Bertz CT molecular complexity index is 988. The SMILES string of the molecule is CC(NC(=O)c1nn(CCO)c2c1CN(Cc1ccccn1)CC2)c1ccccc1. The molecule has 1 amide bonds. The fraction of sp³-hybridized carbons (Fsp3) is 0.348. The van der Waals surface area contributed by atoms with E-state index >= 15 is 0 Å². The van der Waals surface area contributed by atoms with Gasteiger partial charge in [0, 0.05) is 43.5 Å². The van der Waals surface area contributed by atoms with E-state index in [1.165, 1.54) is 0 Å². The Kier molecular flexibility index (Phi) is 6.21. The van der Waals surface area contributed by atoms with Gasteiger partial charge in [0.05, 0.1) is 24.9 Å². The lowest BCUT2D eigenvalue weighted by Gasteiger charge is -2.27. The van der Waals surface area contributed by atoms with Crippen molar-refractivity contribution in [1.82, 2.24) is 25.0 Å². The van der Waals surface area contributed by atoms with Crippen molar-refractivity contribution in [3.05, 3.63) is 82.9 Å². The van der Waals surface area contributed by atoms with Gasteiger partial charge in [0.2, 0.25) is 0 Å². The van der Waals surface area contributed by atoms with Crippen LogP contribution < -0.4 is 5.32 Å². The number of nitrogens with zero attached hydrogens (tertiary/aromatic N) is 4. The van der Waals surface area contributed by atoms with E-state index in [-0.39, 0.29) is 18.6 Å². The minimum absolute atomic E-state index is 0.00670. The Hall–Kier alpha value is -3.03. The maximum atomic E-state index is 13.1. The van der Waals surface area contributed by atoms with E-state index in [9.17, 15) is 9.90 Å². The normalized spacial score (nSPS) is 14.9. The van der Waals surface area contributed by atoms with E-state index in [1.807, 2.05) is 55.5 Å². The molecule has 1 atom stereocenters. The number of carbonyl (C=O) groups is 1.